The van der Waals surface area contributed by atoms with E-state index in [0.29, 0.717) is 5.69 Å². The van der Waals surface area contributed by atoms with Crippen LogP contribution in [0, 0.1) is 10.1 Å². The Balaban J connectivity index is 2.34. The summed E-state index contributed by atoms with van der Waals surface area (Å²) in [4.78, 5) is 23.3. The molecule has 0 fully saturated rings. The molecule has 0 aliphatic heterocycles. The van der Waals surface area contributed by atoms with Gasteiger partial charge in [0.25, 0.3) is 0 Å². The fourth-order valence-electron chi connectivity index (χ4n) is 2.06. The van der Waals surface area contributed by atoms with Crippen LogP contribution in [0.1, 0.15) is 0 Å². The number of sulfone groups is 1. The molecule has 0 saturated heterocycles. The van der Waals surface area contributed by atoms with E-state index in [1.165, 1.54) is 40.2 Å². The summed E-state index contributed by atoms with van der Waals surface area (Å²) in [6.45, 7) is 0.0140. The largest absolute Gasteiger partial charge is 0.347 e. The minimum Gasteiger partial charge on any atom is -0.347 e. The Morgan fingerprint density at radius 1 is 1.40 bits per heavy atom. The van der Waals surface area contributed by atoms with Gasteiger partial charge in [-0.3, -0.25) is 19.6 Å². The zero-order valence-electron chi connectivity index (χ0n) is 13.8. The number of para-hydroxylation sites is 1. The summed E-state index contributed by atoms with van der Waals surface area (Å²) in [7, 11) is -0.534. The van der Waals surface area contributed by atoms with Crippen molar-refractivity contribution in [3.8, 4) is 0 Å². The molecule has 0 unspecified atom stereocenters. The van der Waals surface area contributed by atoms with Crippen LogP contribution in [-0.2, 0) is 21.2 Å². The van der Waals surface area contributed by atoms with Gasteiger partial charge in [-0.2, -0.15) is 5.10 Å². The molecule has 0 aliphatic rings. The van der Waals surface area contributed by atoms with Crippen LogP contribution in [0.25, 0.3) is 0 Å². The van der Waals surface area contributed by atoms with Crippen molar-refractivity contribution in [2.45, 2.75) is 11.4 Å². The van der Waals surface area contributed by atoms with Gasteiger partial charge in [-0.1, -0.05) is 6.07 Å². The third kappa shape index (κ3) is 4.32. The zero-order chi connectivity index (χ0) is 18.8. The van der Waals surface area contributed by atoms with Crippen LogP contribution in [0.5, 0.6) is 0 Å². The van der Waals surface area contributed by atoms with E-state index in [9.17, 15) is 23.3 Å². The predicted octanol–water partition coefficient (Wildman–Crippen LogP) is 1.03. The third-order valence-corrected chi connectivity index (χ3v) is 4.42. The molecule has 0 spiro atoms. The van der Waals surface area contributed by atoms with Crippen LogP contribution < -0.4 is 5.32 Å². The molecule has 2 aromatic rings. The molecule has 1 aromatic heterocycles. The number of carbonyl (C=O) groups is 1. The standard InChI is InChI=1S/C14H17N5O5S/c1-17(2)13(20)9-18-8-10(7-15-18)16-11-5-4-6-12(25(3,23)24)14(11)19(21)22/h4-8,16H,9H2,1-3H3. The van der Waals surface area contributed by atoms with E-state index in [2.05, 4.69) is 10.4 Å². The van der Waals surface area contributed by atoms with Gasteiger partial charge < -0.3 is 10.2 Å². The average Bonchev–Trinajstić information content (AvgIpc) is 2.92. The quantitative estimate of drug-likeness (QED) is 0.596. The molecule has 1 aromatic carbocycles. The number of nitro groups is 1. The normalized spacial score (nSPS) is 11.2. The van der Waals surface area contributed by atoms with Gasteiger partial charge in [0.1, 0.15) is 17.1 Å². The number of amides is 1. The first kappa shape index (κ1) is 18.4. The summed E-state index contributed by atoms with van der Waals surface area (Å²) in [5.74, 6) is -0.167. The monoisotopic (exact) mass is 367 g/mol. The topological polar surface area (TPSA) is 127 Å². The molecule has 0 radical (unpaired) electrons. The molecule has 134 valence electrons. The number of nitro benzene ring substituents is 1. The van der Waals surface area contributed by atoms with Crippen molar-refractivity contribution in [2.75, 3.05) is 25.7 Å². The molecule has 25 heavy (non-hydrogen) atoms. The number of hydrogen-bond donors (Lipinski definition) is 1. The Labute approximate surface area is 144 Å². The highest BCUT2D eigenvalue weighted by Crippen LogP contribution is 2.33. The lowest BCUT2D eigenvalue weighted by Crippen LogP contribution is -2.26. The highest BCUT2D eigenvalue weighted by molar-refractivity contribution is 7.90. The first-order valence-corrected chi connectivity index (χ1v) is 8.96. The maximum Gasteiger partial charge on any atom is 0.311 e. The third-order valence-electron chi connectivity index (χ3n) is 3.29. The molecule has 11 heteroatoms. The number of carbonyl (C=O) groups excluding carboxylic acids is 1. The van der Waals surface area contributed by atoms with Gasteiger partial charge in [0.05, 0.1) is 16.8 Å². The molecule has 2 rings (SSSR count). The summed E-state index contributed by atoms with van der Waals surface area (Å²) in [6.07, 6.45) is 3.79. The molecule has 0 saturated carbocycles. The van der Waals surface area contributed by atoms with Gasteiger partial charge in [-0.05, 0) is 12.1 Å². The fraction of sp³-hybridized carbons (Fsp3) is 0.286. The Morgan fingerprint density at radius 3 is 2.64 bits per heavy atom. The zero-order valence-corrected chi connectivity index (χ0v) is 14.6. The van der Waals surface area contributed by atoms with E-state index >= 15 is 0 Å². The lowest BCUT2D eigenvalue weighted by atomic mass is 10.2. The fourth-order valence-corrected chi connectivity index (χ4v) is 2.92. The second kappa shape index (κ2) is 6.89. The number of rotatable bonds is 6. The van der Waals surface area contributed by atoms with Crippen LogP contribution >= 0.6 is 0 Å². The Bertz CT molecular complexity index is 919. The number of anilines is 2. The molecule has 1 heterocycles. The highest BCUT2D eigenvalue weighted by Gasteiger charge is 2.26. The van der Waals surface area contributed by atoms with Crippen LogP contribution in [0.2, 0.25) is 0 Å². The van der Waals surface area contributed by atoms with Gasteiger partial charge in [0, 0.05) is 26.5 Å². The van der Waals surface area contributed by atoms with Crippen molar-refractivity contribution in [3.63, 3.8) is 0 Å². The Hall–Kier alpha value is -2.95. The van der Waals surface area contributed by atoms with Crippen LogP contribution in [0.15, 0.2) is 35.5 Å². The van der Waals surface area contributed by atoms with Crippen molar-refractivity contribution in [2.24, 2.45) is 0 Å². The molecule has 1 N–H and O–H groups in total. The van der Waals surface area contributed by atoms with Gasteiger partial charge >= 0.3 is 5.69 Å². The molecule has 10 nitrogen and oxygen atoms in total. The smallest absolute Gasteiger partial charge is 0.311 e. The number of likely N-dealkylation sites (N-methyl/N-ethyl adjacent to an activating group) is 1. The van der Waals surface area contributed by atoms with E-state index in [4.69, 9.17) is 0 Å². The Kier molecular flexibility index (Phi) is 5.07. The van der Waals surface area contributed by atoms with Crippen molar-refractivity contribution in [1.82, 2.24) is 14.7 Å². The van der Waals surface area contributed by atoms with E-state index in [0.717, 1.165) is 6.26 Å². The lowest BCUT2D eigenvalue weighted by Gasteiger charge is -2.09. The SMILES string of the molecule is CN(C)C(=O)Cn1cc(Nc2cccc(S(C)(=O)=O)c2[N+](=O)[O-])cn1. The van der Waals surface area contributed by atoms with E-state index in [-0.39, 0.29) is 23.0 Å². The summed E-state index contributed by atoms with van der Waals surface area (Å²) >= 11 is 0. The molecule has 0 aliphatic carbocycles. The summed E-state index contributed by atoms with van der Waals surface area (Å²) in [5, 5.41) is 18.1. The minimum absolute atomic E-state index is 0.0140. The molecule has 0 bridgehead atoms. The van der Waals surface area contributed by atoms with E-state index in [1.54, 1.807) is 14.1 Å². The van der Waals surface area contributed by atoms with Crippen molar-refractivity contribution < 1.29 is 18.1 Å². The minimum atomic E-state index is -3.77. The van der Waals surface area contributed by atoms with Gasteiger partial charge in [-0.15, -0.1) is 0 Å². The van der Waals surface area contributed by atoms with Crippen LogP contribution in [0.4, 0.5) is 17.1 Å². The van der Waals surface area contributed by atoms with Crippen molar-refractivity contribution in [3.05, 3.63) is 40.7 Å². The summed E-state index contributed by atoms with van der Waals surface area (Å²) in [6, 6.07) is 3.98. The summed E-state index contributed by atoms with van der Waals surface area (Å²) < 4.78 is 24.9. The molecule has 0 atom stereocenters. The van der Waals surface area contributed by atoms with E-state index in [1.807, 2.05) is 0 Å². The maximum absolute atomic E-state index is 11.8. The van der Waals surface area contributed by atoms with Gasteiger partial charge in [-0.25, -0.2) is 8.42 Å². The molecular weight excluding hydrogens is 350 g/mol. The van der Waals surface area contributed by atoms with Crippen LogP contribution in [0.3, 0.4) is 0 Å². The molecule has 1 amide bonds. The van der Waals surface area contributed by atoms with Gasteiger partial charge in [0.15, 0.2) is 9.84 Å². The van der Waals surface area contributed by atoms with E-state index < -0.39 is 20.4 Å². The number of benzene rings is 1. The van der Waals surface area contributed by atoms with Crippen LogP contribution in [-0.4, -0.2) is 54.3 Å². The average molecular weight is 367 g/mol. The number of nitrogens with zero attached hydrogens (tertiary/aromatic N) is 4. The first-order chi connectivity index (χ1) is 11.6. The lowest BCUT2D eigenvalue weighted by molar-refractivity contribution is -0.386. The number of nitrogens with one attached hydrogen (secondary N) is 1. The second-order valence-corrected chi connectivity index (χ2v) is 7.51. The first-order valence-electron chi connectivity index (χ1n) is 7.06. The van der Waals surface area contributed by atoms with Crippen molar-refractivity contribution >= 4 is 32.8 Å². The highest BCUT2D eigenvalue weighted by atomic mass is 32.2. The number of aromatic nitrogens is 2. The molecular formula is C14H17N5O5S. The Morgan fingerprint density at radius 2 is 2.08 bits per heavy atom. The maximum atomic E-state index is 11.8. The second-order valence-electron chi connectivity index (χ2n) is 5.52. The van der Waals surface area contributed by atoms with Gasteiger partial charge in [0.2, 0.25) is 5.91 Å². The van der Waals surface area contributed by atoms with Crippen molar-refractivity contribution in [1.29, 1.82) is 0 Å². The summed E-state index contributed by atoms with van der Waals surface area (Å²) in [5.41, 5.74) is -0.131. The predicted molar refractivity (Wildman–Crippen MR) is 90.4 cm³/mol. The number of hydrogen-bond acceptors (Lipinski definition) is 7.